The minimum absolute atomic E-state index is 0.0510. The highest BCUT2D eigenvalue weighted by atomic mass is 16.5. The standard InChI is InChI=1S/C15H23NO6/c1-11(17)15(14(20)21,12(10-22-2)13(18)19)8-6-4-3-5-7-9-16/h12H,3-8,10H2,1-2H3,(H,18,19)(H,20,21). The maximum atomic E-state index is 12.0. The normalized spacial score (nSPS) is 14.6. The Morgan fingerprint density at radius 2 is 1.77 bits per heavy atom. The summed E-state index contributed by atoms with van der Waals surface area (Å²) in [5.41, 5.74) is -1.98. The summed E-state index contributed by atoms with van der Waals surface area (Å²) < 4.78 is 4.80. The lowest BCUT2D eigenvalue weighted by atomic mass is 9.69. The number of unbranched alkanes of at least 4 members (excludes halogenated alkanes) is 4. The Morgan fingerprint density at radius 1 is 1.18 bits per heavy atom. The number of hydrogen-bond donors (Lipinski definition) is 2. The molecule has 22 heavy (non-hydrogen) atoms. The molecule has 2 N–H and O–H groups in total. The number of rotatable bonds is 12. The summed E-state index contributed by atoms with van der Waals surface area (Å²) in [6, 6.07) is 2.02. The molecule has 7 nitrogen and oxygen atoms in total. The molecule has 0 aromatic heterocycles. The second-order valence-corrected chi connectivity index (χ2v) is 5.25. The van der Waals surface area contributed by atoms with Crippen LogP contribution in [0.1, 0.15) is 45.4 Å². The van der Waals surface area contributed by atoms with Crippen LogP contribution in [0.4, 0.5) is 0 Å². The number of ketones is 1. The van der Waals surface area contributed by atoms with Crippen LogP contribution in [0.15, 0.2) is 0 Å². The van der Waals surface area contributed by atoms with Gasteiger partial charge in [0.1, 0.15) is 17.1 Å². The van der Waals surface area contributed by atoms with Crippen molar-refractivity contribution in [3.63, 3.8) is 0 Å². The predicted molar refractivity (Wildman–Crippen MR) is 77.1 cm³/mol. The molecule has 0 amide bonds. The maximum Gasteiger partial charge on any atom is 0.318 e. The highest BCUT2D eigenvalue weighted by Crippen LogP contribution is 2.36. The number of nitrogens with zero attached hydrogens (tertiary/aromatic N) is 1. The Balaban J connectivity index is 5.09. The van der Waals surface area contributed by atoms with Crippen molar-refractivity contribution in [2.45, 2.75) is 45.4 Å². The molecule has 0 bridgehead atoms. The minimum Gasteiger partial charge on any atom is -0.481 e. The number of hydrogen-bond acceptors (Lipinski definition) is 5. The first-order chi connectivity index (χ1) is 10.3. The van der Waals surface area contributed by atoms with E-state index in [1.165, 1.54) is 7.11 Å². The average Bonchev–Trinajstić information content (AvgIpc) is 2.44. The van der Waals surface area contributed by atoms with Crippen LogP contribution in [0.3, 0.4) is 0 Å². The molecule has 0 radical (unpaired) electrons. The Hall–Kier alpha value is -1.94. The fourth-order valence-electron chi connectivity index (χ4n) is 2.55. The van der Waals surface area contributed by atoms with Crippen molar-refractivity contribution >= 4 is 17.7 Å². The van der Waals surface area contributed by atoms with Gasteiger partial charge in [0, 0.05) is 13.5 Å². The van der Waals surface area contributed by atoms with Crippen LogP contribution in [0.2, 0.25) is 0 Å². The molecule has 0 aliphatic carbocycles. The molecular formula is C15H23NO6. The van der Waals surface area contributed by atoms with E-state index in [9.17, 15) is 24.6 Å². The molecule has 0 rings (SSSR count). The third-order valence-corrected chi connectivity index (χ3v) is 3.85. The Bertz CT molecular complexity index is 426. The van der Waals surface area contributed by atoms with Gasteiger partial charge in [0.25, 0.3) is 0 Å². The smallest absolute Gasteiger partial charge is 0.318 e. The van der Waals surface area contributed by atoms with Gasteiger partial charge >= 0.3 is 11.9 Å². The zero-order valence-electron chi connectivity index (χ0n) is 13.0. The van der Waals surface area contributed by atoms with Crippen LogP contribution in [0, 0.1) is 22.7 Å². The molecule has 0 aromatic rings. The molecule has 0 aliphatic heterocycles. The first kappa shape index (κ1) is 20.1. The first-order valence-electron chi connectivity index (χ1n) is 7.17. The SMILES string of the molecule is COCC(C(=O)O)C(CCCCCCC#N)(C(C)=O)C(=O)O. The fraction of sp³-hybridized carbons (Fsp3) is 0.733. The van der Waals surface area contributed by atoms with E-state index >= 15 is 0 Å². The molecule has 0 saturated carbocycles. The van der Waals surface area contributed by atoms with Crippen molar-refractivity contribution in [3.05, 3.63) is 0 Å². The molecular weight excluding hydrogens is 290 g/mol. The van der Waals surface area contributed by atoms with Crippen LogP contribution < -0.4 is 0 Å². The van der Waals surface area contributed by atoms with Crippen molar-refractivity contribution in [1.82, 2.24) is 0 Å². The van der Waals surface area contributed by atoms with E-state index in [2.05, 4.69) is 0 Å². The second-order valence-electron chi connectivity index (χ2n) is 5.25. The lowest BCUT2D eigenvalue weighted by Crippen LogP contribution is -2.49. The van der Waals surface area contributed by atoms with Gasteiger partial charge in [-0.1, -0.05) is 19.3 Å². The monoisotopic (exact) mass is 313 g/mol. The summed E-state index contributed by atoms with van der Waals surface area (Å²) >= 11 is 0. The molecule has 0 aliphatic rings. The average molecular weight is 313 g/mol. The predicted octanol–water partition coefficient (Wildman–Crippen LogP) is 1.86. The van der Waals surface area contributed by atoms with Crippen LogP contribution in [0.25, 0.3) is 0 Å². The van der Waals surface area contributed by atoms with Crippen molar-refractivity contribution < 1.29 is 29.3 Å². The van der Waals surface area contributed by atoms with E-state index in [0.29, 0.717) is 25.7 Å². The number of carboxylic acid groups (broad SMARTS) is 2. The van der Waals surface area contributed by atoms with E-state index in [1.807, 2.05) is 6.07 Å². The van der Waals surface area contributed by atoms with Crippen molar-refractivity contribution in [3.8, 4) is 6.07 Å². The van der Waals surface area contributed by atoms with Gasteiger partial charge in [0.15, 0.2) is 0 Å². The number of methoxy groups -OCH3 is 1. The summed E-state index contributed by atoms with van der Waals surface area (Å²) in [6.45, 7) is 0.769. The summed E-state index contributed by atoms with van der Waals surface area (Å²) in [4.78, 5) is 35.0. The zero-order valence-corrected chi connectivity index (χ0v) is 13.0. The zero-order chi connectivity index (χ0) is 17.2. The number of aliphatic carboxylic acids is 2. The highest BCUT2D eigenvalue weighted by molar-refractivity contribution is 6.05. The fourth-order valence-corrected chi connectivity index (χ4v) is 2.55. The van der Waals surface area contributed by atoms with E-state index < -0.39 is 29.1 Å². The van der Waals surface area contributed by atoms with E-state index in [0.717, 1.165) is 13.3 Å². The molecule has 0 spiro atoms. The Morgan fingerprint density at radius 3 is 2.18 bits per heavy atom. The summed E-state index contributed by atoms with van der Waals surface area (Å²) in [5, 5.41) is 27.2. The number of carbonyl (C=O) groups excluding carboxylic acids is 1. The van der Waals surface area contributed by atoms with Crippen LogP contribution in [-0.4, -0.2) is 41.7 Å². The van der Waals surface area contributed by atoms with E-state index in [1.54, 1.807) is 0 Å². The number of carbonyl (C=O) groups is 3. The van der Waals surface area contributed by atoms with Gasteiger partial charge in [-0.3, -0.25) is 14.4 Å². The third kappa shape index (κ3) is 5.11. The number of carboxylic acids is 2. The highest BCUT2D eigenvalue weighted by Gasteiger charge is 2.53. The van der Waals surface area contributed by atoms with Gasteiger partial charge < -0.3 is 14.9 Å². The summed E-state index contributed by atoms with van der Waals surface area (Å²) in [6.07, 6.45) is 2.87. The van der Waals surface area contributed by atoms with Crippen LogP contribution in [0.5, 0.6) is 0 Å². The largest absolute Gasteiger partial charge is 0.481 e. The third-order valence-electron chi connectivity index (χ3n) is 3.85. The van der Waals surface area contributed by atoms with Crippen molar-refractivity contribution in [2.75, 3.05) is 13.7 Å². The quantitative estimate of drug-likeness (QED) is 0.416. The van der Waals surface area contributed by atoms with Crippen LogP contribution in [-0.2, 0) is 19.1 Å². The van der Waals surface area contributed by atoms with Gasteiger partial charge in [-0.05, 0) is 19.8 Å². The topological polar surface area (TPSA) is 125 Å². The van der Waals surface area contributed by atoms with Gasteiger partial charge in [-0.25, -0.2) is 0 Å². The van der Waals surface area contributed by atoms with Crippen molar-refractivity contribution in [2.24, 2.45) is 11.3 Å². The molecule has 2 unspecified atom stereocenters. The molecule has 0 aromatic carbocycles. The lowest BCUT2D eigenvalue weighted by Gasteiger charge is -2.32. The molecule has 0 heterocycles. The van der Waals surface area contributed by atoms with Gasteiger partial charge in [0.05, 0.1) is 12.7 Å². The molecule has 2 atom stereocenters. The number of Topliss-reactive ketones (excluding diaryl/α,β-unsaturated/α-hetero) is 1. The summed E-state index contributed by atoms with van der Waals surface area (Å²) in [5.74, 6) is -4.89. The van der Waals surface area contributed by atoms with Gasteiger partial charge in [-0.2, -0.15) is 5.26 Å². The van der Waals surface area contributed by atoms with E-state index in [-0.39, 0.29) is 13.0 Å². The number of nitriles is 1. The van der Waals surface area contributed by atoms with E-state index in [4.69, 9.17) is 10.00 Å². The molecule has 0 saturated heterocycles. The second kappa shape index (κ2) is 9.90. The Labute approximate surface area is 129 Å². The lowest BCUT2D eigenvalue weighted by molar-refractivity contribution is -0.170. The number of ether oxygens (including phenoxy) is 1. The van der Waals surface area contributed by atoms with Crippen LogP contribution >= 0.6 is 0 Å². The Kier molecular flexibility index (Phi) is 9.03. The minimum atomic E-state index is -1.98. The molecule has 7 heteroatoms. The van der Waals surface area contributed by atoms with Crippen molar-refractivity contribution in [1.29, 1.82) is 5.26 Å². The molecule has 124 valence electrons. The van der Waals surface area contributed by atoms with Gasteiger partial charge in [0.2, 0.25) is 0 Å². The maximum absolute atomic E-state index is 12.0. The first-order valence-corrected chi connectivity index (χ1v) is 7.17. The van der Waals surface area contributed by atoms with Gasteiger partial charge in [-0.15, -0.1) is 0 Å². The summed E-state index contributed by atoms with van der Waals surface area (Å²) in [7, 11) is 1.27. The molecule has 0 fully saturated rings.